The van der Waals surface area contributed by atoms with E-state index in [1.165, 1.54) is 20.8 Å². The van der Waals surface area contributed by atoms with Gasteiger partial charge in [-0.25, -0.2) is 0 Å². The predicted molar refractivity (Wildman–Crippen MR) is 356 cm³/mol. The van der Waals surface area contributed by atoms with Crippen molar-refractivity contribution in [1.29, 1.82) is 0 Å². The molecule has 2 aromatic rings. The SMILES string of the molecule is C.CB1OCC(NC(=O)c2c(I)c(N)c(I)c(C(=O)NC3COB(C)OC3)c2I)CO1.CC(=O)O[C@@H](C)C(=O)Cl.C[C@H](O)C(NO)c1c(I)c(C(=O)NC(CO)CO)c(I)c(C(=O)NC(CO)CO)c1I.I.II. The molecule has 2 aliphatic rings. The number of amides is 4. The van der Waals surface area contributed by atoms with Gasteiger partial charge in [-0.05, 0) is 175 Å². The summed E-state index contributed by atoms with van der Waals surface area (Å²) in [4.78, 5) is 72.3. The molecule has 2 heterocycles. The van der Waals surface area contributed by atoms with Crippen LogP contribution >= 0.6 is 208 Å². The molecule has 4 amide bonds. The molecule has 420 valence electrons. The molecule has 0 radical (unpaired) electrons. The fourth-order valence-electron chi connectivity index (χ4n) is 5.84. The van der Waals surface area contributed by atoms with Crippen LogP contribution in [0, 0.1) is 21.4 Å². The van der Waals surface area contributed by atoms with Crippen molar-refractivity contribution in [2.24, 2.45) is 0 Å². The summed E-state index contributed by atoms with van der Waals surface area (Å²) in [5.41, 5.74) is 9.73. The van der Waals surface area contributed by atoms with Crippen LogP contribution in [0.25, 0.3) is 0 Å². The summed E-state index contributed by atoms with van der Waals surface area (Å²) in [6.07, 6.45) is -1.94. The molecule has 0 spiro atoms. The zero-order chi connectivity index (χ0) is 55.3. The van der Waals surface area contributed by atoms with Gasteiger partial charge in [-0.2, -0.15) is 5.48 Å². The third kappa shape index (κ3) is 24.0. The molecule has 2 aliphatic heterocycles. The Hall–Kier alpha value is 1.81. The van der Waals surface area contributed by atoms with E-state index in [1.807, 2.05) is 141 Å². The normalized spacial score (nSPS) is 14.7. The average Bonchev–Trinajstić information content (AvgIpc) is 3.32. The van der Waals surface area contributed by atoms with Crippen LogP contribution in [0.15, 0.2) is 0 Å². The van der Waals surface area contributed by atoms with Gasteiger partial charge in [0.25, 0.3) is 28.9 Å². The van der Waals surface area contributed by atoms with Gasteiger partial charge in [0.05, 0.1) is 124 Å². The number of ether oxygens (including phenoxy) is 1. The Balaban J connectivity index is 0. The Kier molecular flexibility index (Phi) is 42.2. The molecule has 4 rings (SSSR count). The molecular weight excluding hydrogens is 2020 g/mol. The maximum absolute atomic E-state index is 13.0. The van der Waals surface area contributed by atoms with E-state index in [-0.39, 0.29) is 89.8 Å². The molecule has 2 fully saturated rings. The summed E-state index contributed by atoms with van der Waals surface area (Å²) >= 11 is 20.8. The van der Waals surface area contributed by atoms with E-state index in [1.54, 1.807) is 13.6 Å². The van der Waals surface area contributed by atoms with Crippen molar-refractivity contribution in [3.63, 3.8) is 0 Å². The molecular formula is C39H56B2ClI9N6O17. The molecule has 13 N–H and O–H groups in total. The van der Waals surface area contributed by atoms with E-state index in [0.29, 0.717) is 61.1 Å². The lowest BCUT2D eigenvalue weighted by Gasteiger charge is -2.28. The number of anilines is 1. The zero-order valence-corrected chi connectivity index (χ0v) is 59.3. The lowest BCUT2D eigenvalue weighted by Crippen LogP contribution is -2.49. The van der Waals surface area contributed by atoms with Gasteiger partial charge >= 0.3 is 20.2 Å². The number of hydrogen-bond acceptors (Lipinski definition) is 19. The van der Waals surface area contributed by atoms with Crippen molar-refractivity contribution in [3.8, 4) is 0 Å². The van der Waals surface area contributed by atoms with Crippen LogP contribution in [0.3, 0.4) is 0 Å². The number of benzene rings is 2. The summed E-state index contributed by atoms with van der Waals surface area (Å²) in [6, 6.07) is -3.48. The van der Waals surface area contributed by atoms with Gasteiger partial charge < -0.3 is 81.1 Å². The first-order valence-electron chi connectivity index (χ1n) is 20.7. The molecule has 23 nitrogen and oxygen atoms in total. The molecule has 2 saturated heterocycles. The summed E-state index contributed by atoms with van der Waals surface area (Å²) in [5.74, 6) is -2.53. The second-order valence-corrected chi connectivity index (χ2v) is 21.8. The van der Waals surface area contributed by atoms with Crippen LogP contribution in [-0.2, 0) is 32.9 Å². The number of carbonyl (C=O) groups excluding carboxylic acids is 6. The number of esters is 1. The number of carbonyl (C=O) groups is 6. The van der Waals surface area contributed by atoms with Crippen molar-refractivity contribution in [1.82, 2.24) is 26.7 Å². The maximum atomic E-state index is 13.0. The Labute approximate surface area is 556 Å². The monoisotopic (exact) mass is 2080 g/mol. The summed E-state index contributed by atoms with van der Waals surface area (Å²) < 4.78 is 28.7. The lowest BCUT2D eigenvalue weighted by molar-refractivity contribution is -0.149. The highest BCUT2D eigenvalue weighted by Crippen LogP contribution is 2.37. The smallest absolute Gasteiger partial charge is 0.453 e. The largest absolute Gasteiger partial charge is 0.453 e. The topological polar surface area (TPSA) is 356 Å². The van der Waals surface area contributed by atoms with E-state index >= 15 is 0 Å². The first kappa shape index (κ1) is 77.9. The first-order valence-corrected chi connectivity index (χ1v) is 33.8. The molecule has 0 bridgehead atoms. The minimum Gasteiger partial charge on any atom is -0.453 e. The summed E-state index contributed by atoms with van der Waals surface area (Å²) in [5, 5.41) is 67.0. The maximum Gasteiger partial charge on any atom is 0.453 e. The van der Waals surface area contributed by atoms with Gasteiger partial charge in [0.15, 0.2) is 6.10 Å². The number of nitrogens with one attached hydrogen (secondary N) is 5. The number of aliphatic hydroxyl groups is 5. The van der Waals surface area contributed by atoms with Gasteiger partial charge in [-0.15, -0.1) is 24.0 Å². The van der Waals surface area contributed by atoms with Crippen LogP contribution in [0.5, 0.6) is 0 Å². The molecule has 0 aliphatic carbocycles. The molecule has 3 atom stereocenters. The van der Waals surface area contributed by atoms with Crippen LogP contribution in [0.1, 0.15) is 81.2 Å². The molecule has 1 unspecified atom stereocenters. The minimum absolute atomic E-state index is 0. The zero-order valence-electron chi connectivity index (χ0n) is 38.9. The fourth-order valence-corrected chi connectivity index (χ4v) is 14.8. The Morgan fingerprint density at radius 3 is 1.22 bits per heavy atom. The van der Waals surface area contributed by atoms with Gasteiger partial charge in [-0.3, -0.25) is 28.8 Å². The third-order valence-electron chi connectivity index (χ3n) is 9.56. The average molecular weight is 2080 g/mol. The van der Waals surface area contributed by atoms with Gasteiger partial charge in [0, 0.05) is 64.0 Å². The van der Waals surface area contributed by atoms with Gasteiger partial charge in [0.2, 0.25) is 0 Å². The number of halogens is 10. The van der Waals surface area contributed by atoms with E-state index < -0.39 is 79.8 Å². The number of nitrogen functional groups attached to an aromatic ring is 1. The number of hydrogen-bond donors (Lipinski definition) is 12. The Morgan fingerprint density at radius 1 is 0.662 bits per heavy atom. The molecule has 2 aromatic carbocycles. The number of nitrogens with two attached hydrogens (primary N) is 1. The van der Waals surface area contributed by atoms with E-state index in [2.05, 4.69) is 63.2 Å². The van der Waals surface area contributed by atoms with Crippen LogP contribution < -0.4 is 32.5 Å². The van der Waals surface area contributed by atoms with Crippen LogP contribution in [0.2, 0.25) is 13.6 Å². The Bertz CT molecular complexity index is 2070. The minimum atomic E-state index is -1.11. The summed E-state index contributed by atoms with van der Waals surface area (Å²) in [6.45, 7) is 7.03. The van der Waals surface area contributed by atoms with Crippen molar-refractivity contribution < 1.29 is 82.9 Å². The Morgan fingerprint density at radius 2 is 0.973 bits per heavy atom. The standard InChI is InChI=1S/C17H24I3N3O8.C16H20B2I3N3O6.C5H7ClO3.CH4.I2.HI/c1-6(28)15(23-31)9-12(18)10(16(29)21-7(2-24)3-25)14(20)11(13(9)19)17(30)22-8(4-26)5-27;1-17-27-3-7(4-28-17)23-15(25)9-11(19)10(13(21)14(22)12(9)20)16(26)24-8-5-29-18(2)30-6-8;1-3(5(6)8)9-4(2)7;;1-2;/h6-8,15,23-28,31H,2-5H2,1H3,(H,21,29)(H,22,30);7-8H,3-6,22H2,1-2H3,(H,23,25)(H,24,26);3H,1-2H3;1H4;;1H/t6-,15?;;3-;;;/m0.0.../s1. The molecule has 0 saturated carbocycles. The molecule has 74 heavy (non-hydrogen) atoms. The van der Waals surface area contributed by atoms with E-state index in [9.17, 15) is 59.5 Å². The second-order valence-electron chi connectivity index (χ2n) is 15.0. The van der Waals surface area contributed by atoms with Gasteiger partial charge in [-0.1, -0.05) is 7.43 Å². The molecule has 0 aromatic heterocycles. The van der Waals surface area contributed by atoms with Crippen molar-refractivity contribution in [2.45, 2.75) is 84.3 Å². The lowest BCUT2D eigenvalue weighted by atomic mass is 9.93. The highest BCUT2D eigenvalue weighted by molar-refractivity contribution is 15.0. The quantitative estimate of drug-likeness (QED) is 0.0261. The highest BCUT2D eigenvalue weighted by atomic mass is 128. The predicted octanol–water partition coefficient (Wildman–Crippen LogP) is 4.41. The van der Waals surface area contributed by atoms with E-state index in [4.69, 9.17) is 36.0 Å². The number of rotatable bonds is 17. The van der Waals surface area contributed by atoms with Crippen molar-refractivity contribution >= 4 is 263 Å². The first-order chi connectivity index (χ1) is 33.8. The number of aliphatic hydroxyl groups excluding tert-OH is 5. The highest BCUT2D eigenvalue weighted by Gasteiger charge is 2.35. The second kappa shape index (κ2) is 40.1. The van der Waals surface area contributed by atoms with Gasteiger partial charge in [0.1, 0.15) is 0 Å². The molecule has 35 heteroatoms. The van der Waals surface area contributed by atoms with Crippen LogP contribution in [-0.4, -0.2) is 169 Å². The summed E-state index contributed by atoms with van der Waals surface area (Å²) in [7, 11) is -0.586. The van der Waals surface area contributed by atoms with Crippen molar-refractivity contribution in [3.05, 3.63) is 49.2 Å². The van der Waals surface area contributed by atoms with Crippen molar-refractivity contribution in [2.75, 3.05) is 58.6 Å². The number of hydroxylamine groups is 1. The fraction of sp³-hybridized carbons (Fsp3) is 0.538. The third-order valence-corrected chi connectivity index (χ3v) is 16.5. The van der Waals surface area contributed by atoms with E-state index in [0.717, 1.165) is 0 Å². The van der Waals surface area contributed by atoms with Crippen LogP contribution in [0.4, 0.5) is 5.69 Å².